The van der Waals surface area contributed by atoms with E-state index in [1.165, 1.54) is 12.1 Å². The highest BCUT2D eigenvalue weighted by molar-refractivity contribution is 7.22. The van der Waals surface area contributed by atoms with Gasteiger partial charge in [-0.3, -0.25) is 20.2 Å². The number of anilines is 1. The number of nitrogens with zero attached hydrogens (tertiary/aromatic N) is 2. The molecule has 33 heavy (non-hydrogen) atoms. The van der Waals surface area contributed by atoms with Gasteiger partial charge in [0.15, 0.2) is 10.9 Å². The van der Waals surface area contributed by atoms with Crippen LogP contribution in [-0.2, 0) is 6.42 Å². The number of nitro groups is 1. The van der Waals surface area contributed by atoms with E-state index in [1.54, 1.807) is 51.7 Å². The maximum absolute atomic E-state index is 12.6. The Bertz CT molecular complexity index is 1320. The fourth-order valence-corrected chi connectivity index (χ4v) is 4.15. The zero-order valence-corrected chi connectivity index (χ0v) is 18.7. The van der Waals surface area contributed by atoms with Crippen molar-refractivity contribution in [2.75, 3.05) is 26.6 Å². The lowest BCUT2D eigenvalue weighted by molar-refractivity contribution is -0.384. The second-order valence-electron chi connectivity index (χ2n) is 6.84. The molecular weight excluding hydrogens is 450 g/mol. The lowest BCUT2D eigenvalue weighted by atomic mass is 10.1. The lowest BCUT2D eigenvalue weighted by Crippen LogP contribution is -2.10. The fourth-order valence-electron chi connectivity index (χ4n) is 3.26. The standard InChI is InChI=1S/C22H19N3O7S/c1-29-14-10-18(30-2)15(19(11-14)31-3)9-13-5-7-17(32-13)21(26)24-22-23-16-6-4-12(25(27)28)8-20(16)33-22/h4-8,10-11H,9H2,1-3H3,(H,23,24,26). The van der Waals surface area contributed by atoms with E-state index < -0.39 is 10.8 Å². The zero-order valence-electron chi connectivity index (χ0n) is 17.9. The number of rotatable bonds is 8. The molecule has 2 aromatic carbocycles. The number of methoxy groups -OCH3 is 3. The minimum Gasteiger partial charge on any atom is -0.496 e. The summed E-state index contributed by atoms with van der Waals surface area (Å²) in [6.07, 6.45) is 0.328. The van der Waals surface area contributed by atoms with Crippen LogP contribution in [0.3, 0.4) is 0 Å². The summed E-state index contributed by atoms with van der Waals surface area (Å²) in [7, 11) is 4.65. The molecule has 0 aliphatic heterocycles. The Morgan fingerprint density at radius 1 is 1.09 bits per heavy atom. The van der Waals surface area contributed by atoms with Gasteiger partial charge in [0.25, 0.3) is 11.6 Å². The third kappa shape index (κ3) is 4.58. The molecule has 0 bridgehead atoms. The number of carbonyl (C=O) groups is 1. The highest BCUT2D eigenvalue weighted by Gasteiger charge is 2.19. The Morgan fingerprint density at radius 3 is 2.45 bits per heavy atom. The van der Waals surface area contributed by atoms with Crippen molar-refractivity contribution < 1.29 is 28.3 Å². The summed E-state index contributed by atoms with van der Waals surface area (Å²) in [6.45, 7) is 0. The lowest BCUT2D eigenvalue weighted by Gasteiger charge is -2.14. The summed E-state index contributed by atoms with van der Waals surface area (Å²) in [5.74, 6) is 1.87. The van der Waals surface area contributed by atoms with Crippen molar-refractivity contribution >= 4 is 38.3 Å². The Balaban J connectivity index is 1.52. The number of fused-ring (bicyclic) bond motifs is 1. The average molecular weight is 469 g/mol. The zero-order chi connectivity index (χ0) is 23.5. The minimum absolute atomic E-state index is 0.0379. The van der Waals surface area contributed by atoms with Crippen LogP contribution in [0.4, 0.5) is 10.8 Å². The first kappa shape index (κ1) is 22.1. The molecule has 4 aromatic rings. The maximum atomic E-state index is 12.6. The maximum Gasteiger partial charge on any atom is 0.293 e. The van der Waals surface area contributed by atoms with Crippen molar-refractivity contribution in [2.24, 2.45) is 0 Å². The monoisotopic (exact) mass is 469 g/mol. The molecule has 1 amide bonds. The predicted octanol–water partition coefficient (Wildman–Crippen LogP) is 4.67. The summed E-state index contributed by atoms with van der Waals surface area (Å²) in [6, 6.07) is 11.1. The van der Waals surface area contributed by atoms with Crippen LogP contribution in [0.15, 0.2) is 46.9 Å². The molecule has 2 heterocycles. The second-order valence-corrected chi connectivity index (χ2v) is 7.87. The first-order valence-electron chi connectivity index (χ1n) is 9.65. The van der Waals surface area contributed by atoms with Crippen LogP contribution >= 0.6 is 11.3 Å². The minimum atomic E-state index is -0.483. The van der Waals surface area contributed by atoms with Crippen molar-refractivity contribution in [1.82, 2.24) is 4.98 Å². The van der Waals surface area contributed by atoms with E-state index in [0.717, 1.165) is 16.9 Å². The van der Waals surface area contributed by atoms with Gasteiger partial charge in [0.05, 0.1) is 36.5 Å². The molecule has 0 saturated heterocycles. The Kier molecular flexibility index (Phi) is 6.13. The molecule has 0 aliphatic carbocycles. The summed E-state index contributed by atoms with van der Waals surface area (Å²) < 4.78 is 22.5. The molecule has 0 saturated carbocycles. The number of non-ortho nitro benzene ring substituents is 1. The van der Waals surface area contributed by atoms with Crippen LogP contribution in [0.5, 0.6) is 17.2 Å². The summed E-state index contributed by atoms with van der Waals surface area (Å²) in [5, 5.41) is 13.9. The molecule has 170 valence electrons. The van der Waals surface area contributed by atoms with Crippen molar-refractivity contribution in [3.8, 4) is 17.2 Å². The van der Waals surface area contributed by atoms with E-state index in [1.807, 2.05) is 0 Å². The van der Waals surface area contributed by atoms with Crippen LogP contribution < -0.4 is 19.5 Å². The SMILES string of the molecule is COc1cc(OC)c(Cc2ccc(C(=O)Nc3nc4ccc([N+](=O)[O-])cc4s3)o2)c(OC)c1. The second kappa shape index (κ2) is 9.17. The number of hydrogen-bond acceptors (Lipinski definition) is 9. The van der Waals surface area contributed by atoms with Gasteiger partial charge < -0.3 is 18.6 Å². The van der Waals surface area contributed by atoms with E-state index in [2.05, 4.69) is 10.3 Å². The molecule has 1 N–H and O–H groups in total. The van der Waals surface area contributed by atoms with Crippen LogP contribution in [0, 0.1) is 10.1 Å². The van der Waals surface area contributed by atoms with Gasteiger partial charge in [-0.2, -0.15) is 0 Å². The molecule has 4 rings (SSSR count). The van der Waals surface area contributed by atoms with Crippen molar-refractivity contribution in [1.29, 1.82) is 0 Å². The average Bonchev–Trinajstić information content (AvgIpc) is 3.44. The number of thiazole rings is 1. The molecule has 11 heteroatoms. The Morgan fingerprint density at radius 2 is 1.82 bits per heavy atom. The van der Waals surface area contributed by atoms with Gasteiger partial charge in [-0.25, -0.2) is 4.98 Å². The van der Waals surface area contributed by atoms with Gasteiger partial charge >= 0.3 is 0 Å². The molecule has 0 aliphatic rings. The van der Waals surface area contributed by atoms with E-state index >= 15 is 0 Å². The summed E-state index contributed by atoms with van der Waals surface area (Å²) in [4.78, 5) is 27.4. The number of benzene rings is 2. The van der Waals surface area contributed by atoms with Crippen LogP contribution in [0.2, 0.25) is 0 Å². The molecule has 10 nitrogen and oxygen atoms in total. The van der Waals surface area contributed by atoms with Gasteiger partial charge in [-0.15, -0.1) is 0 Å². The number of nitrogens with one attached hydrogen (secondary N) is 1. The first-order chi connectivity index (χ1) is 15.9. The smallest absolute Gasteiger partial charge is 0.293 e. The topological polar surface area (TPSA) is 126 Å². The van der Waals surface area contributed by atoms with Crippen LogP contribution in [0.25, 0.3) is 10.2 Å². The normalized spacial score (nSPS) is 10.8. The van der Waals surface area contributed by atoms with E-state index in [9.17, 15) is 14.9 Å². The van der Waals surface area contributed by atoms with E-state index in [4.69, 9.17) is 18.6 Å². The van der Waals surface area contributed by atoms with Gasteiger partial charge in [0.1, 0.15) is 23.0 Å². The van der Waals surface area contributed by atoms with Crippen molar-refractivity contribution in [3.05, 3.63) is 69.7 Å². The highest BCUT2D eigenvalue weighted by atomic mass is 32.1. The van der Waals surface area contributed by atoms with Gasteiger partial charge in [-0.1, -0.05) is 11.3 Å². The number of ether oxygens (including phenoxy) is 3. The van der Waals surface area contributed by atoms with Gasteiger partial charge in [0.2, 0.25) is 0 Å². The van der Waals surface area contributed by atoms with Crippen LogP contribution in [0.1, 0.15) is 21.9 Å². The van der Waals surface area contributed by atoms with Crippen molar-refractivity contribution in [3.63, 3.8) is 0 Å². The molecule has 0 atom stereocenters. The van der Waals surface area contributed by atoms with E-state index in [-0.39, 0.29) is 11.4 Å². The van der Waals surface area contributed by atoms with Gasteiger partial charge in [-0.05, 0) is 18.2 Å². The quantitative estimate of drug-likeness (QED) is 0.291. The fraction of sp³-hybridized carbons (Fsp3) is 0.182. The predicted molar refractivity (Wildman–Crippen MR) is 122 cm³/mol. The number of carbonyl (C=O) groups excluding carboxylic acids is 1. The molecule has 0 fully saturated rings. The molecule has 2 aromatic heterocycles. The summed E-state index contributed by atoms with van der Waals surface area (Å²) >= 11 is 1.14. The molecule has 0 unspecified atom stereocenters. The third-order valence-electron chi connectivity index (χ3n) is 4.86. The summed E-state index contributed by atoms with van der Waals surface area (Å²) in [5.41, 5.74) is 1.26. The molecular formula is C22H19N3O7S. The first-order valence-corrected chi connectivity index (χ1v) is 10.5. The third-order valence-corrected chi connectivity index (χ3v) is 5.79. The Hall–Kier alpha value is -4.12. The molecule has 0 spiro atoms. The van der Waals surface area contributed by atoms with Crippen LogP contribution in [-0.4, -0.2) is 37.1 Å². The van der Waals surface area contributed by atoms with Gasteiger partial charge in [0, 0.05) is 36.2 Å². The number of furan rings is 1. The van der Waals surface area contributed by atoms with Crippen molar-refractivity contribution in [2.45, 2.75) is 6.42 Å². The Labute approximate surface area is 191 Å². The highest BCUT2D eigenvalue weighted by Crippen LogP contribution is 2.36. The number of aromatic nitrogens is 1. The molecule has 0 radical (unpaired) electrons. The largest absolute Gasteiger partial charge is 0.496 e. The number of amides is 1. The van der Waals surface area contributed by atoms with E-state index in [0.29, 0.717) is 44.8 Å². The number of hydrogen-bond donors (Lipinski definition) is 1. The number of nitro benzene ring substituents is 1.